The zero-order valence-electron chi connectivity index (χ0n) is 67.3. The van der Waals surface area contributed by atoms with Gasteiger partial charge in [0.05, 0.1) is 106 Å². The lowest BCUT2D eigenvalue weighted by atomic mass is 10.1. The Morgan fingerprint density at radius 1 is 0.488 bits per heavy atom. The van der Waals surface area contributed by atoms with Crippen molar-refractivity contribution in [1.82, 2.24) is 59.8 Å². The Morgan fingerprint density at radius 2 is 0.851 bits per heavy atom. The Kier molecular flexibility index (Phi) is 31.1. The van der Waals surface area contributed by atoms with E-state index in [1.165, 1.54) is 29.4 Å². The largest absolute Gasteiger partial charge is 0.494 e. The Labute approximate surface area is 691 Å². The van der Waals surface area contributed by atoms with Gasteiger partial charge in [0.2, 0.25) is 17.7 Å². The van der Waals surface area contributed by atoms with Crippen LogP contribution in [-0.2, 0) is 38.3 Å². The number of nitrogens with zero attached hydrogens (tertiary/aromatic N) is 14. The minimum Gasteiger partial charge on any atom is -0.494 e. The van der Waals surface area contributed by atoms with Crippen LogP contribution in [0.5, 0.6) is 11.5 Å². The second-order valence-corrected chi connectivity index (χ2v) is 31.1. The number of rotatable bonds is 32. The van der Waals surface area contributed by atoms with E-state index >= 15 is 4.79 Å². The standard InChI is InChI=1S/C80H98F4N18O19/c1-78(2,3)121-67(112)48-97-26-28-99(70-68(72(113)74(70)115)89-14-4-6-34-119-53-8-10-59-57(36-53)55(12-16-87-59)76(117)91-42-61(103)101-49-79(81,82)38-51(101)40-85)32-30-98(63(105)44-93-18-20-94(45-64(106)107)22-24-96(47-66(110)111)25-23-95(21-19-93)46-65(108)109)31-33-100(29-27-97)71-69(73(114)75(71)116)90-15-5-7-35-120-54-9-11-60-58(37-54)56(13-17-88-60)77(118)92-43-62(104)102-50-80(83,84)39-52(102)41-86/h8-13,16-17,36-37,51-52,89-90H,4-7,14-15,18-35,38-39,42-50H2,1-3H3,(H,91,117)(H,92,118)(H,106,107)(H,108,109)(H,110,111)/t51-,52-/m0/s1. The summed E-state index contributed by atoms with van der Waals surface area (Å²) in [4.78, 5) is 197. The van der Waals surface area contributed by atoms with E-state index in [1.807, 2.05) is 0 Å². The summed E-state index contributed by atoms with van der Waals surface area (Å²) in [7, 11) is 0. The first-order valence-electron chi connectivity index (χ1n) is 39.7. The average Bonchev–Trinajstić information content (AvgIpc) is 1.47. The Morgan fingerprint density at radius 3 is 1.22 bits per heavy atom. The first kappa shape index (κ1) is 91.3. The number of fused-ring (bicyclic) bond motifs is 2. The summed E-state index contributed by atoms with van der Waals surface area (Å²) in [6.07, 6.45) is 2.66. The quantitative estimate of drug-likeness (QED) is 0.0133. The molecule has 37 nitrogen and oxygen atoms in total. The Bertz CT molecular complexity index is 4750. The number of carbonyl (C=O) groups excluding carboxylic acids is 6. The lowest BCUT2D eigenvalue weighted by Gasteiger charge is -2.37. The van der Waals surface area contributed by atoms with Crippen LogP contribution in [0, 0.1) is 22.7 Å². The zero-order chi connectivity index (χ0) is 87.5. The van der Waals surface area contributed by atoms with Crippen LogP contribution in [0.3, 0.4) is 0 Å². The van der Waals surface area contributed by atoms with Crippen LogP contribution in [0.2, 0.25) is 0 Å². The first-order valence-corrected chi connectivity index (χ1v) is 39.7. The molecule has 0 unspecified atom stereocenters. The summed E-state index contributed by atoms with van der Waals surface area (Å²) in [5.74, 6) is -13.6. The molecule has 7 N–H and O–H groups in total. The fourth-order valence-electron chi connectivity index (χ4n) is 14.8. The van der Waals surface area contributed by atoms with Gasteiger partial charge in [-0.1, -0.05) is 0 Å². The molecular formula is C80H98F4N18O19. The number of nitriles is 2. The lowest BCUT2D eigenvalue weighted by molar-refractivity contribution is -0.156. The number of benzene rings is 2. The highest BCUT2D eigenvalue weighted by molar-refractivity contribution is 6.08. The van der Waals surface area contributed by atoms with Crippen molar-refractivity contribution in [2.75, 3.05) is 210 Å². The maximum atomic E-state index is 15.3. The number of alkyl halides is 4. The summed E-state index contributed by atoms with van der Waals surface area (Å²) in [5.41, 5.74) is -3.27. The van der Waals surface area contributed by atoms with Gasteiger partial charge in [0.1, 0.15) is 51.9 Å². The monoisotopic (exact) mass is 1690 g/mol. The third-order valence-corrected chi connectivity index (χ3v) is 21.0. The molecule has 0 radical (unpaired) electrons. The van der Waals surface area contributed by atoms with Crippen molar-refractivity contribution in [2.24, 2.45) is 0 Å². The van der Waals surface area contributed by atoms with E-state index in [2.05, 4.69) is 31.2 Å². The number of likely N-dealkylation sites (tertiary alicyclic amines) is 2. The molecule has 4 fully saturated rings. The third kappa shape index (κ3) is 25.3. The van der Waals surface area contributed by atoms with E-state index in [4.69, 9.17) is 14.2 Å². The normalized spacial score (nSPS) is 18.4. The minimum atomic E-state index is -3.25. The van der Waals surface area contributed by atoms with Gasteiger partial charge in [0, 0.05) is 154 Å². The van der Waals surface area contributed by atoms with Gasteiger partial charge in [-0.2, -0.15) is 10.5 Å². The number of amides is 5. The molecule has 2 atom stereocenters. The van der Waals surface area contributed by atoms with E-state index in [0.717, 1.165) is 9.80 Å². The van der Waals surface area contributed by atoms with Gasteiger partial charge in [-0.15, -0.1) is 0 Å². The maximum Gasteiger partial charge on any atom is 0.320 e. The van der Waals surface area contributed by atoms with Gasteiger partial charge in [-0.3, -0.25) is 96.8 Å². The van der Waals surface area contributed by atoms with Gasteiger partial charge in [-0.05, 0) is 95.0 Å². The molecule has 121 heavy (non-hydrogen) atoms. The van der Waals surface area contributed by atoms with E-state index in [0.29, 0.717) is 59.0 Å². The number of hydrogen-bond acceptors (Lipinski definition) is 29. The topological polar surface area (TPSA) is 464 Å². The fourth-order valence-corrected chi connectivity index (χ4v) is 14.8. The number of aliphatic carboxylic acids is 3. The molecule has 4 aromatic carbocycles. The van der Waals surface area contributed by atoms with Crippen LogP contribution in [0.25, 0.3) is 21.8 Å². The number of carboxylic acid groups (broad SMARTS) is 3. The van der Waals surface area contributed by atoms with Crippen LogP contribution in [-0.4, -0.2) is 337 Å². The van der Waals surface area contributed by atoms with Crippen molar-refractivity contribution in [2.45, 2.75) is 88.8 Å². The molecule has 2 aromatic heterocycles. The van der Waals surface area contributed by atoms with Gasteiger partial charge in [0.15, 0.2) is 0 Å². The number of esters is 1. The van der Waals surface area contributed by atoms with Crippen molar-refractivity contribution >= 4 is 98.0 Å². The molecule has 41 heteroatoms. The van der Waals surface area contributed by atoms with Crippen LogP contribution in [0.1, 0.15) is 80.0 Å². The fraction of sp³-hybridized carbons (Fsp3) is 0.537. The molecule has 6 heterocycles. The highest BCUT2D eigenvalue weighted by Gasteiger charge is 2.49. The van der Waals surface area contributed by atoms with Crippen molar-refractivity contribution in [1.29, 1.82) is 10.5 Å². The lowest BCUT2D eigenvalue weighted by Crippen LogP contribution is -2.54. The minimum absolute atomic E-state index is 0.00136. The number of carbonyl (C=O) groups is 9. The van der Waals surface area contributed by atoms with Crippen LogP contribution >= 0.6 is 0 Å². The summed E-state index contributed by atoms with van der Waals surface area (Å²) < 4.78 is 74.3. The molecule has 0 aliphatic carbocycles. The van der Waals surface area contributed by atoms with Crippen molar-refractivity contribution in [3.05, 3.63) is 113 Å². The van der Waals surface area contributed by atoms with E-state index < -0.39 is 163 Å². The number of anilines is 4. The predicted octanol–water partition coefficient (Wildman–Crippen LogP) is 0.771. The molecule has 0 bridgehead atoms. The smallest absolute Gasteiger partial charge is 0.320 e. The second-order valence-electron chi connectivity index (χ2n) is 31.1. The maximum absolute atomic E-state index is 15.3. The molecule has 0 saturated carbocycles. The number of pyridine rings is 2. The van der Waals surface area contributed by atoms with Crippen molar-refractivity contribution < 1.29 is 90.2 Å². The van der Waals surface area contributed by atoms with Crippen LogP contribution in [0.15, 0.2) is 80.1 Å². The highest BCUT2D eigenvalue weighted by atomic mass is 19.3. The summed E-state index contributed by atoms with van der Waals surface area (Å²) in [6, 6.07) is 13.1. The molecule has 650 valence electrons. The van der Waals surface area contributed by atoms with Gasteiger partial charge in [-0.25, -0.2) is 17.6 Å². The zero-order valence-corrected chi connectivity index (χ0v) is 67.3. The van der Waals surface area contributed by atoms with Gasteiger partial charge < -0.3 is 75.3 Å². The molecule has 4 aliphatic rings. The number of ether oxygens (including phenoxy) is 3. The van der Waals surface area contributed by atoms with E-state index in [1.54, 1.807) is 104 Å². The molecule has 5 amide bonds. The summed E-state index contributed by atoms with van der Waals surface area (Å²) in [6.45, 7) is 0.702. The van der Waals surface area contributed by atoms with Crippen molar-refractivity contribution in [3.8, 4) is 23.6 Å². The summed E-state index contributed by atoms with van der Waals surface area (Å²) >= 11 is 0. The molecule has 0 spiro atoms. The Balaban J connectivity index is 0.840. The number of halogens is 4. The van der Waals surface area contributed by atoms with Crippen LogP contribution < -0.4 is 62.3 Å². The van der Waals surface area contributed by atoms with Crippen molar-refractivity contribution in [3.63, 3.8) is 0 Å². The number of nitrogens with one attached hydrogen (secondary N) is 4. The SMILES string of the molecule is CC(C)(C)OC(=O)CN1CCN(c2c(NCCCCOc3ccc4nccc(C(=O)NCC(=O)N5CC(F)(F)C[C@H]5C#N)c4c3)c(=O)c2=O)CCN(C(=O)CN2CCN(CC(=O)O)CCN(CC(=O)O)CCN(CC(=O)O)CC2)CCN(c2c(NCCCCOc3ccc4nccc(C(=O)NCC(=O)N5CC(F)(F)C[C@H]5C#N)c4c3)c(=O)c2=O)CC1. The van der Waals surface area contributed by atoms with Gasteiger partial charge in [0.25, 0.3) is 45.4 Å². The number of hydrogen-bond donors (Lipinski definition) is 7. The predicted molar refractivity (Wildman–Crippen MR) is 431 cm³/mol. The van der Waals surface area contributed by atoms with Crippen LogP contribution in [0.4, 0.5) is 40.3 Å². The number of aromatic nitrogens is 2. The molecule has 6 aromatic rings. The second kappa shape index (κ2) is 41.3. The molecule has 4 saturated heterocycles. The highest BCUT2D eigenvalue weighted by Crippen LogP contribution is 2.34. The summed E-state index contributed by atoms with van der Waals surface area (Å²) in [5, 5.41) is 60.3. The number of unbranched alkanes of at least 4 members (excludes halogenated alkanes) is 2. The molecule has 4 aliphatic heterocycles. The molecule has 10 rings (SSSR count). The number of carboxylic acids is 3. The van der Waals surface area contributed by atoms with E-state index in [-0.39, 0.29) is 178 Å². The van der Waals surface area contributed by atoms with Gasteiger partial charge >= 0.3 is 23.9 Å². The first-order chi connectivity index (χ1) is 57.6. The Hall–Kier alpha value is -12.1. The van der Waals surface area contributed by atoms with E-state index in [9.17, 15) is 101 Å². The average molecular weight is 1690 g/mol. The molecular weight excluding hydrogens is 1590 g/mol. The third-order valence-electron chi connectivity index (χ3n) is 21.0.